The van der Waals surface area contributed by atoms with Crippen molar-refractivity contribution in [3.8, 4) is 0 Å². The molecule has 0 aliphatic carbocycles. The van der Waals surface area contributed by atoms with Gasteiger partial charge in [0, 0.05) is 25.7 Å². The Morgan fingerprint density at radius 1 is 1.12 bits per heavy atom. The van der Waals surface area contributed by atoms with Crippen LogP contribution in [0.4, 0.5) is 0 Å². The van der Waals surface area contributed by atoms with Crippen molar-refractivity contribution in [2.24, 2.45) is 5.92 Å². The molecule has 2 heterocycles. The highest BCUT2D eigenvalue weighted by molar-refractivity contribution is 7.87. The van der Waals surface area contributed by atoms with E-state index in [-0.39, 0.29) is 6.04 Å². The highest BCUT2D eigenvalue weighted by Gasteiger charge is 2.28. The van der Waals surface area contributed by atoms with Crippen LogP contribution in [0.15, 0.2) is 30.3 Å². The van der Waals surface area contributed by atoms with Crippen LogP contribution < -0.4 is 4.72 Å². The summed E-state index contributed by atoms with van der Waals surface area (Å²) in [6.45, 7) is 6.49. The smallest absolute Gasteiger partial charge is 0.279 e. The largest absolute Gasteiger partial charge is 0.379 e. The lowest BCUT2D eigenvalue weighted by atomic mass is 9.96. The molecule has 0 bridgehead atoms. The van der Waals surface area contributed by atoms with E-state index in [2.05, 4.69) is 28.7 Å². The molecule has 2 aliphatic rings. The summed E-state index contributed by atoms with van der Waals surface area (Å²) in [5.74, 6) is 0.748. The number of hydrogen-bond donors (Lipinski definition) is 1. The lowest BCUT2D eigenvalue weighted by Crippen LogP contribution is -2.49. The highest BCUT2D eigenvalue weighted by atomic mass is 32.2. The van der Waals surface area contributed by atoms with Gasteiger partial charge in [0.1, 0.15) is 0 Å². The molecule has 0 amide bonds. The van der Waals surface area contributed by atoms with Crippen molar-refractivity contribution in [1.82, 2.24) is 13.9 Å². The summed E-state index contributed by atoms with van der Waals surface area (Å²) in [5.41, 5.74) is 1.17. The van der Waals surface area contributed by atoms with Gasteiger partial charge in [0.25, 0.3) is 10.2 Å². The van der Waals surface area contributed by atoms with Gasteiger partial charge in [-0.25, -0.2) is 4.72 Å². The monoisotopic (exact) mass is 367 g/mol. The number of hydrogen-bond acceptors (Lipinski definition) is 4. The quantitative estimate of drug-likeness (QED) is 0.830. The molecule has 2 fully saturated rings. The number of piperidine rings is 1. The molecule has 1 aromatic rings. The molecule has 3 rings (SSSR count). The second-order valence-electron chi connectivity index (χ2n) is 7.01. The summed E-state index contributed by atoms with van der Waals surface area (Å²) < 4.78 is 34.8. The lowest BCUT2D eigenvalue weighted by Gasteiger charge is -2.37. The molecule has 0 saturated carbocycles. The first kappa shape index (κ1) is 18.8. The number of likely N-dealkylation sites (tertiary alicyclic amines) is 1. The molecule has 1 aromatic carbocycles. The van der Waals surface area contributed by atoms with Gasteiger partial charge in [0.2, 0.25) is 0 Å². The van der Waals surface area contributed by atoms with Crippen molar-refractivity contribution in [1.29, 1.82) is 0 Å². The standard InChI is InChI=1S/C18H29N3O3S/c1-16-7-9-20(10-8-16)18(17-5-3-2-4-6-17)15-19-25(22,23)21-11-13-24-14-12-21/h2-6,16,18-19H,7-15H2,1H3. The van der Waals surface area contributed by atoms with Crippen LogP contribution in [0.2, 0.25) is 0 Å². The molecule has 1 atom stereocenters. The van der Waals surface area contributed by atoms with Crippen molar-refractivity contribution < 1.29 is 13.2 Å². The molecular weight excluding hydrogens is 338 g/mol. The van der Waals surface area contributed by atoms with Gasteiger partial charge < -0.3 is 4.74 Å². The molecule has 25 heavy (non-hydrogen) atoms. The van der Waals surface area contributed by atoms with E-state index >= 15 is 0 Å². The highest BCUT2D eigenvalue weighted by Crippen LogP contribution is 2.26. The first-order valence-electron chi connectivity index (χ1n) is 9.18. The predicted octanol–water partition coefficient (Wildman–Crippen LogP) is 1.63. The molecule has 0 spiro atoms. The van der Waals surface area contributed by atoms with Crippen LogP contribution in [-0.2, 0) is 14.9 Å². The second-order valence-corrected chi connectivity index (χ2v) is 8.77. The minimum absolute atomic E-state index is 0.0736. The Morgan fingerprint density at radius 3 is 2.40 bits per heavy atom. The number of ether oxygens (including phenoxy) is 1. The first-order valence-corrected chi connectivity index (χ1v) is 10.6. The first-order chi connectivity index (χ1) is 12.1. The zero-order valence-electron chi connectivity index (χ0n) is 14.9. The minimum atomic E-state index is -3.46. The van der Waals surface area contributed by atoms with Gasteiger partial charge >= 0.3 is 0 Å². The van der Waals surface area contributed by atoms with Crippen LogP contribution in [-0.4, -0.2) is 63.6 Å². The number of benzene rings is 1. The normalized spacial score (nSPS) is 22.8. The summed E-state index contributed by atoms with van der Waals surface area (Å²) >= 11 is 0. The zero-order chi connectivity index (χ0) is 17.7. The maximum absolute atomic E-state index is 12.6. The van der Waals surface area contributed by atoms with Crippen molar-refractivity contribution in [2.45, 2.75) is 25.8 Å². The van der Waals surface area contributed by atoms with Gasteiger partial charge in [0.05, 0.1) is 13.2 Å². The third-order valence-corrected chi connectivity index (χ3v) is 6.79. The number of nitrogens with one attached hydrogen (secondary N) is 1. The Morgan fingerprint density at radius 2 is 1.76 bits per heavy atom. The Hall–Kier alpha value is -0.990. The van der Waals surface area contributed by atoms with E-state index in [1.807, 2.05) is 18.2 Å². The van der Waals surface area contributed by atoms with Crippen molar-refractivity contribution in [3.63, 3.8) is 0 Å². The number of nitrogens with zero attached hydrogens (tertiary/aromatic N) is 2. The van der Waals surface area contributed by atoms with Gasteiger partial charge in [-0.1, -0.05) is 37.3 Å². The van der Waals surface area contributed by atoms with Crippen LogP contribution in [0.1, 0.15) is 31.4 Å². The van der Waals surface area contributed by atoms with Crippen LogP contribution in [0.5, 0.6) is 0 Å². The molecule has 2 saturated heterocycles. The molecule has 0 aromatic heterocycles. The predicted molar refractivity (Wildman–Crippen MR) is 98.5 cm³/mol. The summed E-state index contributed by atoms with van der Waals surface area (Å²) in [5, 5.41) is 0. The minimum Gasteiger partial charge on any atom is -0.379 e. The Bertz CT molecular complexity index is 624. The Labute approximate surface area is 151 Å². The molecule has 0 radical (unpaired) electrons. The van der Waals surface area contributed by atoms with E-state index < -0.39 is 10.2 Å². The number of rotatable bonds is 6. The molecule has 2 aliphatic heterocycles. The SMILES string of the molecule is CC1CCN(C(CNS(=O)(=O)N2CCOCC2)c2ccccc2)CC1. The van der Waals surface area contributed by atoms with Crippen LogP contribution >= 0.6 is 0 Å². The van der Waals surface area contributed by atoms with Crippen molar-refractivity contribution in [2.75, 3.05) is 45.9 Å². The van der Waals surface area contributed by atoms with E-state index in [0.29, 0.717) is 32.8 Å². The molecule has 1 N–H and O–H groups in total. The van der Waals surface area contributed by atoms with E-state index in [1.165, 1.54) is 22.7 Å². The van der Waals surface area contributed by atoms with E-state index in [9.17, 15) is 8.42 Å². The zero-order valence-corrected chi connectivity index (χ0v) is 15.7. The molecular formula is C18H29N3O3S. The van der Waals surface area contributed by atoms with Crippen molar-refractivity contribution in [3.05, 3.63) is 35.9 Å². The molecule has 7 heteroatoms. The maximum Gasteiger partial charge on any atom is 0.279 e. The second kappa shape index (κ2) is 8.60. The molecule has 140 valence electrons. The molecule has 1 unspecified atom stereocenters. The summed E-state index contributed by atoms with van der Waals surface area (Å²) in [6.07, 6.45) is 2.33. The van der Waals surface area contributed by atoms with Crippen LogP contribution in [0, 0.1) is 5.92 Å². The topological polar surface area (TPSA) is 61.9 Å². The van der Waals surface area contributed by atoms with Gasteiger partial charge in [-0.15, -0.1) is 0 Å². The van der Waals surface area contributed by atoms with Gasteiger partial charge in [-0.05, 0) is 37.4 Å². The summed E-state index contributed by atoms with van der Waals surface area (Å²) in [4.78, 5) is 2.41. The fourth-order valence-corrected chi connectivity index (χ4v) is 4.72. The third-order valence-electron chi connectivity index (χ3n) is 5.21. The van der Waals surface area contributed by atoms with Gasteiger partial charge in [-0.3, -0.25) is 4.90 Å². The maximum atomic E-state index is 12.6. The van der Waals surface area contributed by atoms with Gasteiger partial charge in [0.15, 0.2) is 0 Å². The Balaban J connectivity index is 1.69. The summed E-state index contributed by atoms with van der Waals surface area (Å²) in [7, 11) is -3.46. The Kier molecular flexibility index (Phi) is 6.46. The van der Waals surface area contributed by atoms with Crippen molar-refractivity contribution >= 4 is 10.2 Å². The number of morpholine rings is 1. The average molecular weight is 368 g/mol. The third kappa shape index (κ3) is 5.01. The fraction of sp³-hybridized carbons (Fsp3) is 0.667. The molecule has 6 nitrogen and oxygen atoms in total. The fourth-order valence-electron chi connectivity index (χ4n) is 3.54. The lowest BCUT2D eigenvalue weighted by molar-refractivity contribution is 0.0722. The van der Waals surface area contributed by atoms with E-state index in [4.69, 9.17) is 4.74 Å². The van der Waals surface area contributed by atoms with Gasteiger partial charge in [-0.2, -0.15) is 12.7 Å². The average Bonchev–Trinajstić information content (AvgIpc) is 2.65. The van der Waals surface area contributed by atoms with Crippen LogP contribution in [0.25, 0.3) is 0 Å². The van der Waals surface area contributed by atoms with Crippen LogP contribution in [0.3, 0.4) is 0 Å². The van der Waals surface area contributed by atoms with E-state index in [1.54, 1.807) is 0 Å². The summed E-state index contributed by atoms with van der Waals surface area (Å²) in [6, 6.07) is 10.3. The van der Waals surface area contributed by atoms with E-state index in [0.717, 1.165) is 19.0 Å².